The highest BCUT2D eigenvalue weighted by molar-refractivity contribution is 5.79. The minimum atomic E-state index is -0.315. The van der Waals surface area contributed by atoms with Gasteiger partial charge in [-0.25, -0.2) is 9.37 Å². The summed E-state index contributed by atoms with van der Waals surface area (Å²) in [7, 11) is 0. The van der Waals surface area contributed by atoms with Crippen LogP contribution in [0.25, 0.3) is 16.7 Å². The maximum atomic E-state index is 13.1. The SMILES string of the molecule is Cc1cc2cc(F)cnc2n1-c1ccncc1. The van der Waals surface area contributed by atoms with Crippen LogP contribution in [0.5, 0.6) is 0 Å². The molecule has 0 atom stereocenters. The van der Waals surface area contributed by atoms with E-state index in [0.717, 1.165) is 22.4 Å². The second kappa shape index (κ2) is 3.66. The molecule has 84 valence electrons. The van der Waals surface area contributed by atoms with E-state index in [1.165, 1.54) is 12.3 Å². The van der Waals surface area contributed by atoms with E-state index in [0.29, 0.717) is 0 Å². The number of pyridine rings is 2. The summed E-state index contributed by atoms with van der Waals surface area (Å²) in [5, 5.41) is 0.805. The van der Waals surface area contributed by atoms with Crippen LogP contribution in [0.2, 0.25) is 0 Å². The van der Waals surface area contributed by atoms with Gasteiger partial charge in [0.1, 0.15) is 11.5 Å². The van der Waals surface area contributed by atoms with E-state index in [9.17, 15) is 4.39 Å². The third kappa shape index (κ3) is 1.58. The topological polar surface area (TPSA) is 30.7 Å². The van der Waals surface area contributed by atoms with Crippen LogP contribution in [0.4, 0.5) is 4.39 Å². The molecule has 3 rings (SSSR count). The van der Waals surface area contributed by atoms with Crippen LogP contribution >= 0.6 is 0 Å². The Bertz CT molecular complexity index is 674. The van der Waals surface area contributed by atoms with Gasteiger partial charge in [-0.05, 0) is 31.2 Å². The molecule has 3 aromatic rings. The highest BCUT2D eigenvalue weighted by Gasteiger charge is 2.09. The van der Waals surface area contributed by atoms with E-state index in [-0.39, 0.29) is 5.82 Å². The van der Waals surface area contributed by atoms with Crippen molar-refractivity contribution < 1.29 is 4.39 Å². The Kier molecular flexibility index (Phi) is 2.14. The van der Waals surface area contributed by atoms with E-state index < -0.39 is 0 Å². The molecule has 0 aliphatic heterocycles. The Morgan fingerprint density at radius 1 is 1.18 bits per heavy atom. The van der Waals surface area contributed by atoms with Gasteiger partial charge in [0.25, 0.3) is 0 Å². The lowest BCUT2D eigenvalue weighted by atomic mass is 10.3. The van der Waals surface area contributed by atoms with E-state index in [2.05, 4.69) is 9.97 Å². The first kappa shape index (κ1) is 9.96. The van der Waals surface area contributed by atoms with Crippen LogP contribution in [0.3, 0.4) is 0 Å². The number of nitrogens with zero attached hydrogens (tertiary/aromatic N) is 3. The number of halogens is 1. The van der Waals surface area contributed by atoms with Gasteiger partial charge in [-0.1, -0.05) is 0 Å². The normalized spacial score (nSPS) is 10.9. The average molecular weight is 227 g/mol. The first-order valence-corrected chi connectivity index (χ1v) is 5.30. The standard InChI is InChI=1S/C13H10FN3/c1-9-6-10-7-11(14)8-16-13(10)17(9)12-2-4-15-5-3-12/h2-8H,1H3. The van der Waals surface area contributed by atoms with Gasteiger partial charge in [0, 0.05) is 23.5 Å². The Balaban J connectivity index is 2.33. The van der Waals surface area contributed by atoms with Gasteiger partial charge in [-0.3, -0.25) is 9.55 Å². The van der Waals surface area contributed by atoms with Gasteiger partial charge in [-0.2, -0.15) is 0 Å². The summed E-state index contributed by atoms with van der Waals surface area (Å²) in [5.41, 5.74) is 2.76. The van der Waals surface area contributed by atoms with Crippen LogP contribution in [0.15, 0.2) is 42.9 Å². The monoisotopic (exact) mass is 227 g/mol. The van der Waals surface area contributed by atoms with Gasteiger partial charge in [0.15, 0.2) is 0 Å². The molecule has 17 heavy (non-hydrogen) atoms. The maximum Gasteiger partial charge on any atom is 0.144 e. The number of aryl methyl sites for hydroxylation is 1. The van der Waals surface area contributed by atoms with Crippen LogP contribution in [-0.4, -0.2) is 14.5 Å². The van der Waals surface area contributed by atoms with Crippen LogP contribution in [0, 0.1) is 12.7 Å². The van der Waals surface area contributed by atoms with Crippen LogP contribution in [0.1, 0.15) is 5.69 Å². The first-order chi connectivity index (χ1) is 8.25. The fraction of sp³-hybridized carbons (Fsp3) is 0.0769. The lowest BCUT2D eigenvalue weighted by Crippen LogP contribution is -1.97. The zero-order valence-electron chi connectivity index (χ0n) is 9.26. The smallest absolute Gasteiger partial charge is 0.144 e. The second-order valence-electron chi connectivity index (χ2n) is 3.89. The molecule has 3 heterocycles. The lowest BCUT2D eigenvalue weighted by molar-refractivity contribution is 0.624. The predicted molar refractivity (Wildman–Crippen MR) is 63.6 cm³/mol. The van der Waals surface area contributed by atoms with Crippen LogP contribution < -0.4 is 0 Å². The Morgan fingerprint density at radius 3 is 2.71 bits per heavy atom. The van der Waals surface area contributed by atoms with Gasteiger partial charge in [-0.15, -0.1) is 0 Å². The summed E-state index contributed by atoms with van der Waals surface area (Å²) in [5.74, 6) is -0.315. The van der Waals surface area contributed by atoms with E-state index in [4.69, 9.17) is 0 Å². The third-order valence-electron chi connectivity index (χ3n) is 2.71. The molecule has 0 fully saturated rings. The number of hydrogen-bond donors (Lipinski definition) is 0. The molecule has 0 aromatic carbocycles. The predicted octanol–water partition coefficient (Wildman–Crippen LogP) is 2.87. The summed E-state index contributed by atoms with van der Waals surface area (Å²) in [6.07, 6.45) is 4.69. The molecule has 0 amide bonds. The van der Waals surface area contributed by atoms with Gasteiger partial charge in [0.2, 0.25) is 0 Å². The van der Waals surface area contributed by atoms with Crippen molar-refractivity contribution in [2.75, 3.05) is 0 Å². The summed E-state index contributed by atoms with van der Waals surface area (Å²) in [6, 6.07) is 7.22. The zero-order valence-corrected chi connectivity index (χ0v) is 9.26. The molecular weight excluding hydrogens is 217 g/mol. The zero-order chi connectivity index (χ0) is 11.8. The second-order valence-corrected chi connectivity index (χ2v) is 3.89. The first-order valence-electron chi connectivity index (χ1n) is 5.30. The summed E-state index contributed by atoms with van der Waals surface area (Å²) in [4.78, 5) is 8.13. The molecule has 0 aliphatic carbocycles. The van der Waals surface area contributed by atoms with Crippen molar-refractivity contribution in [1.82, 2.24) is 14.5 Å². The number of fused-ring (bicyclic) bond motifs is 1. The molecule has 4 heteroatoms. The van der Waals surface area contributed by atoms with E-state index in [1.807, 2.05) is 29.7 Å². The van der Waals surface area contributed by atoms with Crippen molar-refractivity contribution in [1.29, 1.82) is 0 Å². The molecule has 0 aliphatic rings. The Labute approximate surface area is 97.6 Å². The van der Waals surface area contributed by atoms with Gasteiger partial charge < -0.3 is 0 Å². The molecular formula is C13H10FN3. The highest BCUT2D eigenvalue weighted by Crippen LogP contribution is 2.22. The van der Waals surface area contributed by atoms with Crippen molar-refractivity contribution in [2.45, 2.75) is 6.92 Å². The Hall–Kier alpha value is -2.23. The van der Waals surface area contributed by atoms with Crippen molar-refractivity contribution in [2.24, 2.45) is 0 Å². The van der Waals surface area contributed by atoms with Gasteiger partial charge in [0.05, 0.1) is 11.9 Å². The van der Waals surface area contributed by atoms with Crippen LogP contribution in [-0.2, 0) is 0 Å². The molecule has 3 nitrogen and oxygen atoms in total. The third-order valence-corrected chi connectivity index (χ3v) is 2.71. The molecule has 0 bridgehead atoms. The fourth-order valence-electron chi connectivity index (χ4n) is 2.02. The van der Waals surface area contributed by atoms with E-state index >= 15 is 0 Å². The minimum absolute atomic E-state index is 0.315. The maximum absolute atomic E-state index is 13.1. The van der Waals surface area contributed by atoms with Crippen molar-refractivity contribution in [3.63, 3.8) is 0 Å². The largest absolute Gasteiger partial charge is 0.298 e. The molecule has 0 spiro atoms. The molecule has 0 N–H and O–H groups in total. The minimum Gasteiger partial charge on any atom is -0.298 e. The quantitative estimate of drug-likeness (QED) is 0.640. The summed E-state index contributed by atoms with van der Waals surface area (Å²) >= 11 is 0. The fourth-order valence-corrected chi connectivity index (χ4v) is 2.02. The number of rotatable bonds is 1. The van der Waals surface area contributed by atoms with Gasteiger partial charge >= 0.3 is 0 Å². The lowest BCUT2D eigenvalue weighted by Gasteiger charge is -2.06. The van der Waals surface area contributed by atoms with E-state index in [1.54, 1.807) is 12.4 Å². The number of hydrogen-bond acceptors (Lipinski definition) is 2. The molecule has 3 aromatic heterocycles. The summed E-state index contributed by atoms with van der Waals surface area (Å²) in [6.45, 7) is 1.97. The van der Waals surface area contributed by atoms with Crippen molar-refractivity contribution in [3.8, 4) is 5.69 Å². The molecule has 0 saturated carbocycles. The highest BCUT2D eigenvalue weighted by atomic mass is 19.1. The Morgan fingerprint density at radius 2 is 1.94 bits per heavy atom. The average Bonchev–Trinajstić information content (AvgIpc) is 2.65. The molecule has 0 radical (unpaired) electrons. The molecule has 0 unspecified atom stereocenters. The molecule has 0 saturated heterocycles. The summed E-state index contributed by atoms with van der Waals surface area (Å²) < 4.78 is 15.1. The van der Waals surface area contributed by atoms with Crippen molar-refractivity contribution in [3.05, 3.63) is 54.4 Å². The van der Waals surface area contributed by atoms with Crippen molar-refractivity contribution >= 4 is 11.0 Å². The number of aromatic nitrogens is 3.